The molecule has 0 unspecified atom stereocenters. The number of hydrogen-bond acceptors (Lipinski definition) is 3. The fraction of sp³-hybridized carbons (Fsp3) is 0.571. The summed E-state index contributed by atoms with van der Waals surface area (Å²) in [6, 6.07) is 7.56. The molecule has 0 heterocycles. The molecule has 6 heteroatoms. The van der Waals surface area contributed by atoms with Crippen molar-refractivity contribution in [1.82, 2.24) is 10.6 Å². The minimum atomic E-state index is -0.231. The van der Waals surface area contributed by atoms with Gasteiger partial charge in [0.25, 0.3) is 0 Å². The van der Waals surface area contributed by atoms with Gasteiger partial charge in [-0.15, -0.1) is 0 Å². The molecule has 0 spiro atoms. The Bertz CT molecular complexity index is 680. The monoisotopic (exact) mass is 370 g/mol. The molecule has 2 saturated carbocycles. The second-order valence-electron chi connectivity index (χ2n) is 7.82. The smallest absolute Gasteiger partial charge is 0.224 e. The van der Waals surface area contributed by atoms with Crippen LogP contribution < -0.4 is 16.4 Å². The zero-order valence-corrected chi connectivity index (χ0v) is 15.8. The van der Waals surface area contributed by atoms with Gasteiger partial charge in [-0.3, -0.25) is 15.0 Å². The lowest BCUT2D eigenvalue weighted by Gasteiger charge is -2.26. The summed E-state index contributed by atoms with van der Waals surface area (Å²) >= 11 is 0. The standard InChI is InChI=1S/C21H30N4O2/c22-19(23)15-11-9-14(10-12-15)13-24-20(26)17-7-4-8-18(17)21(27)25-16-5-2-1-3-6-16/h9-12,16-18H,1-8,13H2,(H3,22,23)(H,24,26)(H,25,27)/t17-,18-/m1/s1. The summed E-state index contributed by atoms with van der Waals surface area (Å²) in [7, 11) is 0. The Balaban J connectivity index is 1.51. The first-order chi connectivity index (χ1) is 13.0. The molecule has 2 aliphatic rings. The average molecular weight is 370 g/mol. The number of rotatable bonds is 6. The highest BCUT2D eigenvalue weighted by atomic mass is 16.2. The van der Waals surface area contributed by atoms with Crippen LogP contribution in [0.1, 0.15) is 62.5 Å². The van der Waals surface area contributed by atoms with E-state index >= 15 is 0 Å². The molecule has 2 amide bonds. The van der Waals surface area contributed by atoms with Crippen molar-refractivity contribution in [2.75, 3.05) is 0 Å². The summed E-state index contributed by atoms with van der Waals surface area (Å²) in [5.41, 5.74) is 7.08. The molecule has 0 aliphatic heterocycles. The van der Waals surface area contributed by atoms with Gasteiger partial charge in [-0.25, -0.2) is 0 Å². The molecular formula is C21H30N4O2. The Labute approximate surface area is 160 Å². The predicted octanol–water partition coefficient (Wildman–Crippen LogP) is 2.45. The summed E-state index contributed by atoms with van der Waals surface area (Å²) in [5, 5.41) is 13.6. The van der Waals surface area contributed by atoms with Crippen molar-refractivity contribution in [3.8, 4) is 0 Å². The highest BCUT2D eigenvalue weighted by Gasteiger charge is 2.38. The van der Waals surface area contributed by atoms with Crippen molar-refractivity contribution in [2.24, 2.45) is 17.6 Å². The van der Waals surface area contributed by atoms with Crippen molar-refractivity contribution in [2.45, 2.75) is 64.0 Å². The van der Waals surface area contributed by atoms with E-state index in [0.717, 1.165) is 37.7 Å². The van der Waals surface area contributed by atoms with Gasteiger partial charge in [0, 0.05) is 30.0 Å². The van der Waals surface area contributed by atoms with E-state index in [1.54, 1.807) is 12.1 Å². The molecule has 0 saturated heterocycles. The number of hydrogen-bond donors (Lipinski definition) is 4. The normalized spacial score (nSPS) is 23.0. The molecule has 0 bridgehead atoms. The van der Waals surface area contributed by atoms with Crippen LogP contribution in [0, 0.1) is 17.2 Å². The highest BCUT2D eigenvalue weighted by molar-refractivity contribution is 5.94. The molecule has 0 radical (unpaired) electrons. The number of amides is 2. The van der Waals surface area contributed by atoms with Gasteiger partial charge in [-0.1, -0.05) is 49.9 Å². The second-order valence-corrected chi connectivity index (χ2v) is 7.82. The lowest BCUT2D eigenvalue weighted by atomic mass is 9.91. The second kappa shape index (κ2) is 9.02. The first-order valence-electron chi connectivity index (χ1n) is 10.1. The fourth-order valence-electron chi connectivity index (χ4n) is 4.27. The number of carbonyl (C=O) groups excluding carboxylic acids is 2. The molecule has 1 aromatic rings. The average Bonchev–Trinajstić information content (AvgIpc) is 3.17. The van der Waals surface area contributed by atoms with Crippen LogP contribution in [0.15, 0.2) is 24.3 Å². The van der Waals surface area contributed by atoms with Gasteiger partial charge in [-0.2, -0.15) is 0 Å². The van der Waals surface area contributed by atoms with Crippen molar-refractivity contribution >= 4 is 17.6 Å². The molecular weight excluding hydrogens is 340 g/mol. The fourth-order valence-corrected chi connectivity index (χ4v) is 4.27. The van der Waals surface area contributed by atoms with Crippen LogP contribution in [0.2, 0.25) is 0 Å². The SMILES string of the molecule is N=C(N)c1ccc(CNC(=O)[C@@H]2CCC[C@H]2C(=O)NC2CCCCC2)cc1. The third-order valence-corrected chi connectivity index (χ3v) is 5.87. The van der Waals surface area contributed by atoms with Gasteiger partial charge in [0.2, 0.25) is 11.8 Å². The zero-order chi connectivity index (χ0) is 19.2. The van der Waals surface area contributed by atoms with Crippen molar-refractivity contribution < 1.29 is 9.59 Å². The Kier molecular flexibility index (Phi) is 6.48. The third-order valence-electron chi connectivity index (χ3n) is 5.87. The molecule has 6 nitrogen and oxygen atoms in total. The van der Waals surface area contributed by atoms with Gasteiger partial charge >= 0.3 is 0 Å². The Morgan fingerprint density at radius 3 is 2.19 bits per heavy atom. The number of carbonyl (C=O) groups is 2. The Morgan fingerprint density at radius 2 is 1.56 bits per heavy atom. The number of nitrogen functional groups attached to an aromatic ring is 1. The summed E-state index contributed by atoms with van der Waals surface area (Å²) in [6.07, 6.45) is 8.24. The van der Waals surface area contributed by atoms with Crippen LogP contribution in [0.5, 0.6) is 0 Å². The van der Waals surface area contributed by atoms with Crippen LogP contribution in [-0.4, -0.2) is 23.7 Å². The third kappa shape index (κ3) is 5.08. The molecule has 3 rings (SSSR count). The van der Waals surface area contributed by atoms with E-state index in [-0.39, 0.29) is 35.5 Å². The van der Waals surface area contributed by atoms with Crippen molar-refractivity contribution in [3.05, 3.63) is 35.4 Å². The summed E-state index contributed by atoms with van der Waals surface area (Å²) in [6.45, 7) is 0.421. The van der Waals surface area contributed by atoms with Crippen molar-refractivity contribution in [3.63, 3.8) is 0 Å². The zero-order valence-electron chi connectivity index (χ0n) is 15.8. The van der Waals surface area contributed by atoms with Crippen LogP contribution in [-0.2, 0) is 16.1 Å². The molecule has 2 fully saturated rings. The lowest BCUT2D eigenvalue weighted by Crippen LogP contribution is -2.43. The maximum Gasteiger partial charge on any atom is 0.224 e. The van der Waals surface area contributed by atoms with Crippen LogP contribution >= 0.6 is 0 Å². The molecule has 146 valence electrons. The van der Waals surface area contributed by atoms with Crippen molar-refractivity contribution in [1.29, 1.82) is 5.41 Å². The first kappa shape index (κ1) is 19.4. The quantitative estimate of drug-likeness (QED) is 0.456. The van der Waals surface area contributed by atoms with Crippen LogP contribution in [0.4, 0.5) is 0 Å². The van der Waals surface area contributed by atoms with E-state index in [1.807, 2.05) is 12.1 Å². The molecule has 5 N–H and O–H groups in total. The van der Waals surface area contributed by atoms with E-state index in [0.29, 0.717) is 12.1 Å². The minimum Gasteiger partial charge on any atom is -0.384 e. The highest BCUT2D eigenvalue weighted by Crippen LogP contribution is 2.32. The molecule has 27 heavy (non-hydrogen) atoms. The Hall–Kier alpha value is -2.37. The lowest BCUT2D eigenvalue weighted by molar-refractivity contribution is -0.134. The topological polar surface area (TPSA) is 108 Å². The molecule has 0 aromatic heterocycles. The van der Waals surface area contributed by atoms with Gasteiger partial charge < -0.3 is 16.4 Å². The first-order valence-corrected chi connectivity index (χ1v) is 10.1. The maximum absolute atomic E-state index is 12.7. The van der Waals surface area contributed by atoms with Crippen LogP contribution in [0.3, 0.4) is 0 Å². The number of amidine groups is 1. The Morgan fingerprint density at radius 1 is 0.926 bits per heavy atom. The maximum atomic E-state index is 12.7. The van der Waals surface area contributed by atoms with Gasteiger partial charge in [-0.05, 0) is 31.2 Å². The summed E-state index contributed by atoms with van der Waals surface area (Å²) in [4.78, 5) is 25.3. The minimum absolute atomic E-state index is 0.0309. The van der Waals surface area contributed by atoms with E-state index in [9.17, 15) is 9.59 Å². The number of nitrogens with one attached hydrogen (secondary N) is 3. The predicted molar refractivity (Wildman–Crippen MR) is 105 cm³/mol. The van der Waals surface area contributed by atoms with Gasteiger partial charge in [0.05, 0.1) is 0 Å². The van der Waals surface area contributed by atoms with E-state index < -0.39 is 0 Å². The van der Waals surface area contributed by atoms with E-state index in [2.05, 4.69) is 10.6 Å². The van der Waals surface area contributed by atoms with Crippen LogP contribution in [0.25, 0.3) is 0 Å². The van der Waals surface area contributed by atoms with Gasteiger partial charge in [0.1, 0.15) is 5.84 Å². The molecule has 2 atom stereocenters. The number of benzene rings is 1. The van der Waals surface area contributed by atoms with E-state index in [1.165, 1.54) is 19.3 Å². The summed E-state index contributed by atoms with van der Waals surface area (Å²) in [5.74, 6) is -0.377. The largest absolute Gasteiger partial charge is 0.384 e. The number of nitrogens with two attached hydrogens (primary N) is 1. The van der Waals surface area contributed by atoms with Gasteiger partial charge in [0.15, 0.2) is 0 Å². The molecule has 2 aliphatic carbocycles. The van der Waals surface area contributed by atoms with E-state index in [4.69, 9.17) is 11.1 Å². The molecule has 1 aromatic carbocycles. The summed E-state index contributed by atoms with van der Waals surface area (Å²) < 4.78 is 0.